The van der Waals surface area contributed by atoms with Crippen LogP contribution < -0.4 is 10.2 Å². The summed E-state index contributed by atoms with van der Waals surface area (Å²) in [6, 6.07) is 0. The van der Waals surface area contributed by atoms with E-state index in [0.29, 0.717) is 13.1 Å². The average Bonchev–Trinajstić information content (AvgIpc) is 3.09. The Morgan fingerprint density at radius 2 is 2.11 bits per heavy atom. The molecule has 2 aromatic heterocycles. The fourth-order valence-corrected chi connectivity index (χ4v) is 3.88. The first-order valence-electron chi connectivity index (χ1n) is 9.63. The highest BCUT2D eigenvalue weighted by atomic mass is 35.5. The maximum atomic E-state index is 11.7. The number of fused-ring (bicyclic) bond motifs is 1. The molecule has 1 atom stereocenters. The Labute approximate surface area is 169 Å². The highest BCUT2D eigenvalue weighted by Gasteiger charge is 2.20. The minimum absolute atomic E-state index is 0.170. The molecule has 1 unspecified atom stereocenters. The second-order valence-electron chi connectivity index (χ2n) is 6.74. The summed E-state index contributed by atoms with van der Waals surface area (Å²) in [5.74, 6) is 1.81. The number of halogens is 1. The van der Waals surface area contributed by atoms with Crippen molar-refractivity contribution in [1.82, 2.24) is 25.1 Å². The topological polar surface area (TPSA) is 75.9 Å². The number of thioether (sulfide) groups is 1. The molecule has 0 spiro atoms. The second kappa shape index (κ2) is 9.59. The lowest BCUT2D eigenvalue weighted by molar-refractivity contribution is -0.120. The zero-order chi connectivity index (χ0) is 19.2. The number of alkyl halides is 1. The van der Waals surface area contributed by atoms with Crippen LogP contribution in [0.5, 0.6) is 0 Å². The number of amides is 1. The van der Waals surface area contributed by atoms with Gasteiger partial charge in [0.2, 0.25) is 5.91 Å². The van der Waals surface area contributed by atoms with Gasteiger partial charge in [-0.25, -0.2) is 14.6 Å². The van der Waals surface area contributed by atoms with E-state index in [-0.39, 0.29) is 5.91 Å². The molecule has 1 fully saturated rings. The van der Waals surface area contributed by atoms with Crippen LogP contribution in [0.25, 0.3) is 11.0 Å². The van der Waals surface area contributed by atoms with Crippen molar-refractivity contribution in [2.75, 3.05) is 30.3 Å². The zero-order valence-corrected chi connectivity index (χ0v) is 17.5. The molecule has 0 radical (unpaired) electrons. The number of rotatable bonds is 8. The van der Waals surface area contributed by atoms with Crippen molar-refractivity contribution < 1.29 is 4.79 Å². The van der Waals surface area contributed by atoms with Crippen molar-refractivity contribution in [2.24, 2.45) is 0 Å². The minimum atomic E-state index is -0.538. The van der Waals surface area contributed by atoms with Gasteiger partial charge in [0, 0.05) is 25.4 Å². The van der Waals surface area contributed by atoms with Crippen LogP contribution in [0, 0.1) is 0 Å². The lowest BCUT2D eigenvalue weighted by Crippen LogP contribution is -2.32. The molecule has 1 aliphatic heterocycles. The van der Waals surface area contributed by atoms with E-state index in [2.05, 4.69) is 22.2 Å². The van der Waals surface area contributed by atoms with E-state index in [4.69, 9.17) is 21.6 Å². The Balaban J connectivity index is 1.85. The molecular weight excluding hydrogens is 384 g/mol. The molecule has 0 aliphatic carbocycles. The van der Waals surface area contributed by atoms with Gasteiger partial charge in [0.15, 0.2) is 10.8 Å². The van der Waals surface area contributed by atoms with Crippen molar-refractivity contribution in [3.8, 4) is 0 Å². The number of hydrogen-bond donors (Lipinski definition) is 1. The summed E-state index contributed by atoms with van der Waals surface area (Å²) < 4.78 is 1.85. The summed E-state index contributed by atoms with van der Waals surface area (Å²) in [7, 11) is 0. The minimum Gasteiger partial charge on any atom is -0.356 e. The van der Waals surface area contributed by atoms with Gasteiger partial charge in [-0.3, -0.25) is 4.79 Å². The Hall–Kier alpha value is -1.54. The van der Waals surface area contributed by atoms with Gasteiger partial charge >= 0.3 is 0 Å². The molecule has 7 nitrogen and oxygen atoms in total. The van der Waals surface area contributed by atoms with Crippen molar-refractivity contribution in [2.45, 2.75) is 56.6 Å². The van der Waals surface area contributed by atoms with Crippen molar-refractivity contribution in [1.29, 1.82) is 0 Å². The standard InChI is InChI=1S/C18H27ClN6OS/c1-3-11-27-18-22-15(24-8-5-4-6-9-24)14-12-21-25(16(14)23-18)10-7-20-17(26)13(2)19/h12-13H,3-11H2,1-2H3,(H,20,26). The zero-order valence-electron chi connectivity index (χ0n) is 15.9. The third-order valence-corrected chi connectivity index (χ3v) is 5.78. The number of hydrogen-bond acceptors (Lipinski definition) is 6. The number of nitrogens with one attached hydrogen (secondary N) is 1. The van der Waals surface area contributed by atoms with Gasteiger partial charge in [-0.05, 0) is 32.6 Å². The lowest BCUT2D eigenvalue weighted by Gasteiger charge is -2.28. The lowest BCUT2D eigenvalue weighted by atomic mass is 10.1. The van der Waals surface area contributed by atoms with Gasteiger partial charge in [-0.15, -0.1) is 11.6 Å². The van der Waals surface area contributed by atoms with Crippen molar-refractivity contribution in [3.63, 3.8) is 0 Å². The predicted octanol–water partition coefficient (Wildman–Crippen LogP) is 3.06. The van der Waals surface area contributed by atoms with Gasteiger partial charge in [-0.1, -0.05) is 18.7 Å². The van der Waals surface area contributed by atoms with Crippen LogP contribution in [0.1, 0.15) is 39.5 Å². The van der Waals surface area contributed by atoms with E-state index in [1.807, 2.05) is 10.9 Å². The summed E-state index contributed by atoms with van der Waals surface area (Å²) in [6.45, 7) is 6.88. The van der Waals surface area contributed by atoms with Crippen LogP contribution in [0.3, 0.4) is 0 Å². The molecule has 1 saturated heterocycles. The molecule has 1 amide bonds. The third kappa shape index (κ3) is 5.04. The van der Waals surface area contributed by atoms with Gasteiger partial charge in [0.1, 0.15) is 11.2 Å². The molecule has 0 aromatic carbocycles. The van der Waals surface area contributed by atoms with Crippen LogP contribution in [0.2, 0.25) is 0 Å². The average molecular weight is 411 g/mol. The number of aromatic nitrogens is 4. The SMILES string of the molecule is CCCSc1nc(N2CCCCC2)c2cnn(CCNC(=O)C(C)Cl)c2n1. The van der Waals surface area contributed by atoms with Crippen LogP contribution in [0.15, 0.2) is 11.4 Å². The number of anilines is 1. The van der Waals surface area contributed by atoms with Crippen LogP contribution in [-0.4, -0.2) is 56.4 Å². The van der Waals surface area contributed by atoms with E-state index in [9.17, 15) is 4.79 Å². The number of carbonyl (C=O) groups excluding carboxylic acids is 1. The van der Waals surface area contributed by atoms with E-state index < -0.39 is 5.38 Å². The second-order valence-corrected chi connectivity index (χ2v) is 8.45. The molecule has 1 N–H and O–H groups in total. The quantitative estimate of drug-likeness (QED) is 0.409. The number of piperidine rings is 1. The van der Waals surface area contributed by atoms with Gasteiger partial charge in [0.05, 0.1) is 18.1 Å². The summed E-state index contributed by atoms with van der Waals surface area (Å²) in [5, 5.41) is 8.57. The molecule has 0 bridgehead atoms. The molecule has 3 rings (SSSR count). The van der Waals surface area contributed by atoms with Gasteiger partial charge in [0.25, 0.3) is 0 Å². The normalized spacial score (nSPS) is 15.9. The van der Waals surface area contributed by atoms with E-state index in [1.54, 1.807) is 18.7 Å². The Bertz CT molecular complexity index is 775. The summed E-state index contributed by atoms with van der Waals surface area (Å²) in [4.78, 5) is 23.6. The maximum Gasteiger partial charge on any atom is 0.237 e. The summed E-state index contributed by atoms with van der Waals surface area (Å²) in [5.41, 5.74) is 0.831. The third-order valence-electron chi connectivity index (χ3n) is 4.53. The maximum absolute atomic E-state index is 11.7. The molecule has 2 aromatic rings. The van der Waals surface area contributed by atoms with Crippen LogP contribution in [-0.2, 0) is 11.3 Å². The number of nitrogens with zero attached hydrogens (tertiary/aromatic N) is 5. The first-order chi connectivity index (χ1) is 13.1. The first-order valence-corrected chi connectivity index (χ1v) is 11.1. The Morgan fingerprint density at radius 1 is 1.33 bits per heavy atom. The van der Waals surface area contributed by atoms with E-state index in [1.165, 1.54) is 19.3 Å². The molecule has 0 saturated carbocycles. The van der Waals surface area contributed by atoms with Crippen molar-refractivity contribution >= 4 is 46.1 Å². The largest absolute Gasteiger partial charge is 0.356 e. The van der Waals surface area contributed by atoms with Gasteiger partial charge < -0.3 is 10.2 Å². The number of carbonyl (C=O) groups is 1. The van der Waals surface area contributed by atoms with Crippen LogP contribution >= 0.6 is 23.4 Å². The van der Waals surface area contributed by atoms with Crippen LogP contribution in [0.4, 0.5) is 5.82 Å². The molecule has 27 heavy (non-hydrogen) atoms. The highest BCUT2D eigenvalue weighted by Crippen LogP contribution is 2.29. The van der Waals surface area contributed by atoms with Crippen molar-refractivity contribution in [3.05, 3.63) is 6.20 Å². The first kappa shape index (κ1) is 20.2. The summed E-state index contributed by atoms with van der Waals surface area (Å²) >= 11 is 7.48. The van der Waals surface area contributed by atoms with Gasteiger partial charge in [-0.2, -0.15) is 5.10 Å². The summed E-state index contributed by atoms with van der Waals surface area (Å²) in [6.07, 6.45) is 6.59. The smallest absolute Gasteiger partial charge is 0.237 e. The molecule has 3 heterocycles. The molecule has 148 valence electrons. The van der Waals surface area contributed by atoms with E-state index in [0.717, 1.165) is 47.3 Å². The fourth-order valence-electron chi connectivity index (χ4n) is 3.11. The monoisotopic (exact) mass is 410 g/mol. The molecular formula is C18H27ClN6OS. The Morgan fingerprint density at radius 3 is 2.81 bits per heavy atom. The molecule has 1 aliphatic rings. The van der Waals surface area contributed by atoms with E-state index >= 15 is 0 Å². The predicted molar refractivity (Wildman–Crippen MR) is 111 cm³/mol. The molecule has 9 heteroatoms. The Kier molecular flexibility index (Phi) is 7.18. The highest BCUT2D eigenvalue weighted by molar-refractivity contribution is 7.99. The fraction of sp³-hybridized carbons (Fsp3) is 0.667.